The quantitative estimate of drug-likeness (QED) is 0.413. The lowest BCUT2D eigenvalue weighted by molar-refractivity contribution is 0.293. The van der Waals surface area contributed by atoms with Crippen molar-refractivity contribution in [2.24, 2.45) is 0 Å². The first-order valence-electron chi connectivity index (χ1n) is 10.1. The van der Waals surface area contributed by atoms with Crippen LogP contribution >= 0.6 is 0 Å². The van der Waals surface area contributed by atoms with Crippen molar-refractivity contribution in [2.45, 2.75) is 13.2 Å². The molecule has 0 amide bonds. The number of hydrogen-bond acceptors (Lipinski definition) is 4. The highest BCUT2D eigenvalue weighted by Crippen LogP contribution is 2.11. The monoisotopic (exact) mass is 416 g/mol. The minimum atomic E-state index is 0.457. The van der Waals surface area contributed by atoms with Crippen molar-refractivity contribution in [1.29, 1.82) is 0 Å². The highest BCUT2D eigenvalue weighted by atomic mass is 16.5. The van der Waals surface area contributed by atoms with E-state index in [-0.39, 0.29) is 0 Å². The molecule has 0 unspecified atom stereocenters. The lowest BCUT2D eigenvalue weighted by Gasteiger charge is -2.05. The number of aromatic nitrogens is 2. The van der Waals surface area contributed by atoms with Gasteiger partial charge in [-0.1, -0.05) is 72.8 Å². The molecule has 0 radical (unpaired) electrons. The molecule has 0 aliphatic heterocycles. The summed E-state index contributed by atoms with van der Waals surface area (Å²) in [7, 11) is 0. The van der Waals surface area contributed by atoms with Crippen LogP contribution in [0, 0.1) is 23.7 Å². The fourth-order valence-electron chi connectivity index (χ4n) is 2.78. The first kappa shape index (κ1) is 20.7. The van der Waals surface area contributed by atoms with Crippen LogP contribution in [0.25, 0.3) is 0 Å². The number of hydrogen-bond donors (Lipinski definition) is 0. The predicted octanol–water partition coefficient (Wildman–Crippen LogP) is 5.04. The maximum Gasteiger partial charge on any atom is 0.214 e. The third-order valence-electron chi connectivity index (χ3n) is 4.35. The Hall–Kier alpha value is -4.54. The Kier molecular flexibility index (Phi) is 7.13. The van der Waals surface area contributed by atoms with E-state index >= 15 is 0 Å². The standard InChI is InChI=1S/C28H20N2O2/c1-3-11-23(12-4-1)21-31-27-19-9-17-25(29-27)15-7-8-16-26-18-10-20-28(30-26)32-22-24-13-5-2-6-14-24/h1-6,9-14,17-20H,21-22H2. The Bertz CT molecular complexity index is 1180. The molecule has 2 aromatic heterocycles. The van der Waals surface area contributed by atoms with Gasteiger partial charge in [-0.05, 0) is 46.9 Å². The molecule has 0 bridgehead atoms. The number of ether oxygens (including phenoxy) is 2. The van der Waals surface area contributed by atoms with E-state index in [0.29, 0.717) is 36.4 Å². The SMILES string of the molecule is C(C#Cc1cccc(OCc2ccccc2)n1)#Cc1cccc(OCc2ccccc2)n1. The molecule has 32 heavy (non-hydrogen) atoms. The molecular weight excluding hydrogens is 396 g/mol. The molecule has 0 aliphatic rings. The third-order valence-corrected chi connectivity index (χ3v) is 4.35. The van der Waals surface area contributed by atoms with Gasteiger partial charge in [-0.3, -0.25) is 0 Å². The van der Waals surface area contributed by atoms with Crippen LogP contribution in [0.1, 0.15) is 22.5 Å². The van der Waals surface area contributed by atoms with E-state index in [4.69, 9.17) is 9.47 Å². The second kappa shape index (κ2) is 11.0. The van der Waals surface area contributed by atoms with Crippen molar-refractivity contribution in [3.8, 4) is 35.4 Å². The van der Waals surface area contributed by atoms with Gasteiger partial charge in [0, 0.05) is 12.1 Å². The molecule has 0 N–H and O–H groups in total. The van der Waals surface area contributed by atoms with E-state index in [9.17, 15) is 0 Å². The number of nitrogens with zero attached hydrogens (tertiary/aromatic N) is 2. The summed E-state index contributed by atoms with van der Waals surface area (Å²) >= 11 is 0. The summed E-state index contributed by atoms with van der Waals surface area (Å²) in [6.07, 6.45) is 0. The van der Waals surface area contributed by atoms with Crippen molar-refractivity contribution in [3.63, 3.8) is 0 Å². The molecule has 0 saturated carbocycles. The van der Waals surface area contributed by atoms with Crippen LogP contribution in [-0.2, 0) is 13.2 Å². The van der Waals surface area contributed by atoms with Crippen LogP contribution in [0.4, 0.5) is 0 Å². The third kappa shape index (κ3) is 6.49. The van der Waals surface area contributed by atoms with Gasteiger partial charge in [0.05, 0.1) is 0 Å². The average molecular weight is 416 g/mol. The molecular formula is C28H20N2O2. The van der Waals surface area contributed by atoms with Crippen molar-refractivity contribution < 1.29 is 9.47 Å². The fraction of sp³-hybridized carbons (Fsp3) is 0.0714. The molecule has 4 rings (SSSR count). The topological polar surface area (TPSA) is 44.2 Å². The zero-order valence-corrected chi connectivity index (χ0v) is 17.4. The van der Waals surface area contributed by atoms with Gasteiger partial charge >= 0.3 is 0 Å². The summed E-state index contributed by atoms with van der Waals surface area (Å²) in [5, 5.41) is 0. The summed E-state index contributed by atoms with van der Waals surface area (Å²) in [5.41, 5.74) is 3.36. The van der Waals surface area contributed by atoms with E-state index in [1.54, 1.807) is 0 Å². The van der Waals surface area contributed by atoms with Crippen molar-refractivity contribution in [1.82, 2.24) is 9.97 Å². The Morgan fingerprint density at radius 1 is 0.500 bits per heavy atom. The smallest absolute Gasteiger partial charge is 0.214 e. The number of pyridine rings is 2. The van der Waals surface area contributed by atoms with Crippen LogP contribution in [0.3, 0.4) is 0 Å². The van der Waals surface area contributed by atoms with E-state index in [0.717, 1.165) is 11.1 Å². The Balaban J connectivity index is 1.35. The zero-order valence-electron chi connectivity index (χ0n) is 17.4. The maximum atomic E-state index is 5.74. The van der Waals surface area contributed by atoms with Gasteiger partial charge in [-0.15, -0.1) is 0 Å². The number of benzene rings is 2. The molecule has 2 aromatic carbocycles. The van der Waals surface area contributed by atoms with E-state index in [1.807, 2.05) is 97.1 Å². The van der Waals surface area contributed by atoms with Crippen molar-refractivity contribution >= 4 is 0 Å². The summed E-state index contributed by atoms with van der Waals surface area (Å²) in [5.74, 6) is 12.6. The highest BCUT2D eigenvalue weighted by molar-refractivity contribution is 5.41. The molecule has 0 saturated heterocycles. The summed E-state index contributed by atoms with van der Waals surface area (Å²) in [6, 6.07) is 30.9. The van der Waals surface area contributed by atoms with Crippen LogP contribution in [-0.4, -0.2) is 9.97 Å². The van der Waals surface area contributed by atoms with Gasteiger partial charge in [0.25, 0.3) is 0 Å². The fourth-order valence-corrected chi connectivity index (χ4v) is 2.78. The largest absolute Gasteiger partial charge is 0.473 e. The summed E-state index contributed by atoms with van der Waals surface area (Å²) in [6.45, 7) is 0.914. The second-order valence-corrected chi connectivity index (χ2v) is 6.77. The van der Waals surface area contributed by atoms with Gasteiger partial charge in [0.2, 0.25) is 11.8 Å². The predicted molar refractivity (Wildman–Crippen MR) is 124 cm³/mol. The lowest BCUT2D eigenvalue weighted by Crippen LogP contribution is -1.97. The van der Waals surface area contributed by atoms with E-state index < -0.39 is 0 Å². The number of rotatable bonds is 6. The molecule has 0 aliphatic carbocycles. The normalized spacial score (nSPS) is 9.62. The van der Waals surface area contributed by atoms with Crippen LogP contribution in [0.5, 0.6) is 11.8 Å². The van der Waals surface area contributed by atoms with Crippen LogP contribution < -0.4 is 9.47 Å². The van der Waals surface area contributed by atoms with Gasteiger partial charge in [0.1, 0.15) is 24.6 Å². The first-order chi connectivity index (χ1) is 15.8. The molecule has 154 valence electrons. The molecule has 4 heteroatoms. The van der Waals surface area contributed by atoms with Crippen LogP contribution in [0.2, 0.25) is 0 Å². The Morgan fingerprint density at radius 3 is 1.38 bits per heavy atom. The van der Waals surface area contributed by atoms with Crippen LogP contribution in [0.15, 0.2) is 97.1 Å². The lowest BCUT2D eigenvalue weighted by atomic mass is 10.2. The Labute approximate surface area is 187 Å². The average Bonchev–Trinajstić information content (AvgIpc) is 2.86. The molecule has 4 nitrogen and oxygen atoms in total. The minimum absolute atomic E-state index is 0.457. The zero-order chi connectivity index (χ0) is 21.8. The van der Waals surface area contributed by atoms with Crippen molar-refractivity contribution in [2.75, 3.05) is 0 Å². The molecule has 4 aromatic rings. The van der Waals surface area contributed by atoms with Gasteiger partial charge in [0.15, 0.2) is 0 Å². The summed E-state index contributed by atoms with van der Waals surface area (Å²) < 4.78 is 11.5. The maximum absolute atomic E-state index is 5.74. The minimum Gasteiger partial charge on any atom is -0.473 e. The molecule has 2 heterocycles. The van der Waals surface area contributed by atoms with E-state index in [1.165, 1.54) is 0 Å². The molecule has 0 fully saturated rings. The van der Waals surface area contributed by atoms with E-state index in [2.05, 4.69) is 33.6 Å². The molecule has 0 atom stereocenters. The van der Waals surface area contributed by atoms with Crippen molar-refractivity contribution in [3.05, 3.63) is 120 Å². The van der Waals surface area contributed by atoms with Gasteiger partial charge in [-0.2, -0.15) is 0 Å². The molecule has 0 spiro atoms. The first-order valence-corrected chi connectivity index (χ1v) is 10.1. The van der Waals surface area contributed by atoms with Gasteiger partial charge in [-0.25, -0.2) is 9.97 Å². The Morgan fingerprint density at radius 2 is 0.938 bits per heavy atom. The second-order valence-electron chi connectivity index (χ2n) is 6.77. The highest BCUT2D eigenvalue weighted by Gasteiger charge is 1.99. The van der Waals surface area contributed by atoms with Gasteiger partial charge < -0.3 is 9.47 Å². The summed E-state index contributed by atoms with van der Waals surface area (Å²) in [4.78, 5) is 8.80.